The first-order valence-electron chi connectivity index (χ1n) is 3.77. The van der Waals surface area contributed by atoms with E-state index in [1.54, 1.807) is 12.1 Å². The van der Waals surface area contributed by atoms with E-state index >= 15 is 0 Å². The molecule has 0 aliphatic carbocycles. The van der Waals surface area contributed by atoms with Crippen LogP contribution in [0.1, 0.15) is 5.56 Å². The predicted octanol–water partition coefficient (Wildman–Crippen LogP) is 2.49. The van der Waals surface area contributed by atoms with Gasteiger partial charge >= 0.3 is 0 Å². The van der Waals surface area contributed by atoms with Gasteiger partial charge in [0.1, 0.15) is 0 Å². The van der Waals surface area contributed by atoms with Crippen LogP contribution in [0.2, 0.25) is 0 Å². The molecule has 3 heteroatoms. The molecule has 1 aromatic rings. The van der Waals surface area contributed by atoms with Crippen molar-refractivity contribution < 1.29 is 4.92 Å². The zero-order valence-electron chi connectivity index (χ0n) is 7.01. The molecule has 13 heavy (non-hydrogen) atoms. The third kappa shape index (κ3) is 2.56. The third-order valence-corrected chi connectivity index (χ3v) is 1.53. The van der Waals surface area contributed by atoms with Gasteiger partial charge in [-0.25, -0.2) is 0 Å². The molecule has 0 amide bonds. The molecule has 0 bridgehead atoms. The predicted molar refractivity (Wildman–Crippen MR) is 51.6 cm³/mol. The Hall–Kier alpha value is -1.90. The van der Waals surface area contributed by atoms with Gasteiger partial charge in [0.25, 0.3) is 5.70 Å². The van der Waals surface area contributed by atoms with Gasteiger partial charge in [0, 0.05) is 12.2 Å². The molecule has 0 aliphatic heterocycles. The Morgan fingerprint density at radius 1 is 1.38 bits per heavy atom. The SMILES string of the molecule is C=CC(=Cc1ccccc1)[N+](=O)[O-]. The van der Waals surface area contributed by atoms with Crippen LogP contribution in [-0.4, -0.2) is 4.92 Å². The smallest absolute Gasteiger partial charge is 0.258 e. The van der Waals surface area contributed by atoms with E-state index in [4.69, 9.17) is 0 Å². The molecule has 0 fully saturated rings. The molecule has 0 radical (unpaired) electrons. The largest absolute Gasteiger partial charge is 0.269 e. The summed E-state index contributed by atoms with van der Waals surface area (Å²) in [6.45, 7) is 3.37. The molecule has 0 unspecified atom stereocenters. The number of hydrogen-bond acceptors (Lipinski definition) is 2. The Bertz CT molecular complexity index is 341. The maximum atomic E-state index is 10.4. The highest BCUT2D eigenvalue weighted by atomic mass is 16.6. The first kappa shape index (κ1) is 9.19. The first-order valence-corrected chi connectivity index (χ1v) is 3.77. The van der Waals surface area contributed by atoms with Crippen molar-refractivity contribution in [3.05, 3.63) is 64.4 Å². The summed E-state index contributed by atoms with van der Waals surface area (Å²) in [6.07, 6.45) is 2.71. The lowest BCUT2D eigenvalue weighted by molar-refractivity contribution is -0.417. The molecule has 66 valence electrons. The average Bonchev–Trinajstić information content (AvgIpc) is 2.15. The lowest BCUT2D eigenvalue weighted by Gasteiger charge is -1.92. The summed E-state index contributed by atoms with van der Waals surface area (Å²) in [6, 6.07) is 9.11. The van der Waals surface area contributed by atoms with Crippen LogP contribution >= 0.6 is 0 Å². The van der Waals surface area contributed by atoms with Crippen LogP contribution in [0.15, 0.2) is 48.7 Å². The molecule has 0 saturated heterocycles. The zero-order chi connectivity index (χ0) is 9.68. The van der Waals surface area contributed by atoms with Crippen LogP contribution in [-0.2, 0) is 0 Å². The molecule has 0 saturated carbocycles. The van der Waals surface area contributed by atoms with Crippen molar-refractivity contribution in [1.29, 1.82) is 0 Å². The minimum atomic E-state index is -0.458. The second kappa shape index (κ2) is 4.21. The van der Waals surface area contributed by atoms with Crippen molar-refractivity contribution in [2.45, 2.75) is 0 Å². The Morgan fingerprint density at radius 2 is 2.00 bits per heavy atom. The highest BCUT2D eigenvalue weighted by Crippen LogP contribution is 2.07. The number of nitro groups is 1. The Labute approximate surface area is 76.2 Å². The van der Waals surface area contributed by atoms with Gasteiger partial charge in [-0.05, 0) is 5.56 Å². The van der Waals surface area contributed by atoms with Crippen LogP contribution in [0.4, 0.5) is 0 Å². The van der Waals surface area contributed by atoms with Crippen LogP contribution in [0, 0.1) is 10.1 Å². The Kier molecular flexibility index (Phi) is 2.97. The molecular weight excluding hydrogens is 166 g/mol. The lowest BCUT2D eigenvalue weighted by atomic mass is 10.2. The summed E-state index contributed by atoms with van der Waals surface area (Å²) in [5.41, 5.74) is 0.806. The fourth-order valence-corrected chi connectivity index (χ4v) is 0.906. The van der Waals surface area contributed by atoms with Gasteiger partial charge in [0.05, 0.1) is 4.92 Å². The van der Waals surface area contributed by atoms with Crippen LogP contribution < -0.4 is 0 Å². The molecule has 0 N–H and O–H groups in total. The second-order valence-electron chi connectivity index (χ2n) is 2.44. The fraction of sp³-hybridized carbons (Fsp3) is 0. The van der Waals surface area contributed by atoms with Gasteiger partial charge < -0.3 is 0 Å². The van der Waals surface area contributed by atoms with Crippen molar-refractivity contribution in [3.8, 4) is 0 Å². The van der Waals surface area contributed by atoms with Crippen molar-refractivity contribution >= 4 is 6.08 Å². The van der Waals surface area contributed by atoms with E-state index in [-0.39, 0.29) is 5.70 Å². The normalized spacial score (nSPS) is 10.9. The van der Waals surface area contributed by atoms with Crippen LogP contribution in [0.25, 0.3) is 6.08 Å². The van der Waals surface area contributed by atoms with Gasteiger partial charge in [-0.3, -0.25) is 10.1 Å². The van der Waals surface area contributed by atoms with E-state index in [2.05, 4.69) is 6.58 Å². The highest BCUT2D eigenvalue weighted by molar-refractivity contribution is 5.52. The van der Waals surface area contributed by atoms with Gasteiger partial charge in [0.15, 0.2) is 0 Å². The standard InChI is InChI=1S/C10H9NO2/c1-2-10(11(12)13)8-9-6-4-3-5-7-9/h2-8H,1H2. The number of benzene rings is 1. The molecule has 0 aliphatic rings. The molecule has 1 aromatic carbocycles. The summed E-state index contributed by atoms with van der Waals surface area (Å²) in [5, 5.41) is 10.4. The van der Waals surface area contributed by atoms with Crippen molar-refractivity contribution in [3.63, 3.8) is 0 Å². The first-order chi connectivity index (χ1) is 6.24. The topological polar surface area (TPSA) is 43.1 Å². The quantitative estimate of drug-likeness (QED) is 0.402. The van der Waals surface area contributed by atoms with E-state index < -0.39 is 4.92 Å². The molecule has 3 nitrogen and oxygen atoms in total. The van der Waals surface area contributed by atoms with Crippen LogP contribution in [0.5, 0.6) is 0 Å². The number of rotatable bonds is 3. The van der Waals surface area contributed by atoms with Crippen molar-refractivity contribution in [2.24, 2.45) is 0 Å². The summed E-state index contributed by atoms with van der Waals surface area (Å²) < 4.78 is 0. The minimum absolute atomic E-state index is 0.00574. The number of nitrogens with zero attached hydrogens (tertiary/aromatic N) is 1. The fourth-order valence-electron chi connectivity index (χ4n) is 0.906. The molecule has 1 rings (SSSR count). The highest BCUT2D eigenvalue weighted by Gasteiger charge is 2.03. The van der Waals surface area contributed by atoms with Crippen molar-refractivity contribution in [1.82, 2.24) is 0 Å². The summed E-state index contributed by atoms with van der Waals surface area (Å²) >= 11 is 0. The maximum Gasteiger partial charge on any atom is 0.269 e. The summed E-state index contributed by atoms with van der Waals surface area (Å²) in [4.78, 5) is 9.94. The third-order valence-electron chi connectivity index (χ3n) is 1.53. The average molecular weight is 175 g/mol. The van der Waals surface area contributed by atoms with E-state index in [1.807, 2.05) is 18.2 Å². The van der Waals surface area contributed by atoms with E-state index in [0.29, 0.717) is 0 Å². The summed E-state index contributed by atoms with van der Waals surface area (Å²) in [7, 11) is 0. The number of hydrogen-bond donors (Lipinski definition) is 0. The maximum absolute atomic E-state index is 10.4. The molecular formula is C10H9NO2. The van der Waals surface area contributed by atoms with Crippen LogP contribution in [0.3, 0.4) is 0 Å². The van der Waals surface area contributed by atoms with E-state index in [1.165, 1.54) is 12.2 Å². The van der Waals surface area contributed by atoms with Gasteiger partial charge in [0.2, 0.25) is 0 Å². The zero-order valence-corrected chi connectivity index (χ0v) is 7.01. The lowest BCUT2D eigenvalue weighted by Crippen LogP contribution is -1.94. The second-order valence-corrected chi connectivity index (χ2v) is 2.44. The molecule has 0 spiro atoms. The Morgan fingerprint density at radius 3 is 2.46 bits per heavy atom. The van der Waals surface area contributed by atoms with Gasteiger partial charge in [-0.2, -0.15) is 0 Å². The van der Waals surface area contributed by atoms with E-state index in [9.17, 15) is 10.1 Å². The van der Waals surface area contributed by atoms with Gasteiger partial charge in [-0.15, -0.1) is 0 Å². The monoisotopic (exact) mass is 175 g/mol. The van der Waals surface area contributed by atoms with Gasteiger partial charge in [-0.1, -0.05) is 36.9 Å². The minimum Gasteiger partial charge on any atom is -0.258 e. The van der Waals surface area contributed by atoms with Crippen molar-refractivity contribution in [2.75, 3.05) is 0 Å². The summed E-state index contributed by atoms with van der Waals surface area (Å²) in [5.74, 6) is 0. The molecule has 0 heterocycles. The molecule has 0 atom stereocenters. The molecule has 0 aromatic heterocycles. The number of allylic oxidation sites excluding steroid dienone is 1. The van der Waals surface area contributed by atoms with E-state index in [0.717, 1.165) is 5.56 Å². The Balaban J connectivity index is 2.98.